The van der Waals surface area contributed by atoms with Crippen molar-refractivity contribution >= 4 is 17.6 Å². The summed E-state index contributed by atoms with van der Waals surface area (Å²) in [5.41, 5.74) is -1.62. The summed E-state index contributed by atoms with van der Waals surface area (Å²) < 4.78 is 24.7. The maximum Gasteiger partial charge on any atom is 0.358 e. The zero-order valence-electron chi connectivity index (χ0n) is 7.25. The average molecular weight is 238 g/mol. The molecule has 7 heteroatoms. The fourth-order valence-electron chi connectivity index (χ4n) is 0.997. The van der Waals surface area contributed by atoms with E-state index in [0.717, 1.165) is 6.07 Å². The first-order chi connectivity index (χ1) is 6.97. The van der Waals surface area contributed by atoms with E-state index < -0.39 is 29.4 Å². The monoisotopic (exact) mass is 237 g/mol. The second-order valence-electron chi connectivity index (χ2n) is 2.64. The van der Waals surface area contributed by atoms with Crippen molar-refractivity contribution in [1.82, 2.24) is 4.98 Å². The second kappa shape index (κ2) is 4.39. The number of aromatic carboxylic acids is 1. The lowest BCUT2D eigenvalue weighted by Gasteiger charge is -2.07. The van der Waals surface area contributed by atoms with Crippen LogP contribution in [0.25, 0.3) is 0 Å². The molecule has 4 nitrogen and oxygen atoms in total. The van der Waals surface area contributed by atoms with Crippen LogP contribution in [-0.4, -0.2) is 21.2 Å². The van der Waals surface area contributed by atoms with Gasteiger partial charge in [-0.3, -0.25) is 0 Å². The van der Waals surface area contributed by atoms with Gasteiger partial charge in [-0.05, 0) is 6.07 Å². The van der Waals surface area contributed by atoms with Crippen LogP contribution in [0.5, 0.6) is 5.75 Å². The van der Waals surface area contributed by atoms with Gasteiger partial charge in [-0.2, -0.15) is 0 Å². The predicted molar refractivity (Wildman–Crippen MR) is 47.4 cm³/mol. The van der Waals surface area contributed by atoms with E-state index in [2.05, 4.69) is 4.98 Å². The molecule has 0 amide bonds. The Morgan fingerprint density at radius 2 is 2.20 bits per heavy atom. The molecule has 0 aliphatic heterocycles. The Hall–Kier alpha value is -1.43. The molecule has 1 aromatic heterocycles. The number of hydrogen-bond acceptors (Lipinski definition) is 3. The topological polar surface area (TPSA) is 70.4 Å². The predicted octanol–water partition coefficient (Wildman–Crippen LogP) is 2.16. The fourth-order valence-corrected chi connectivity index (χ4v) is 1.13. The SMILES string of the molecule is O=C(O)c1nc(CCl)cc(C(F)F)c1O. The molecule has 1 rings (SSSR count). The third kappa shape index (κ3) is 2.33. The molecule has 0 atom stereocenters. The largest absolute Gasteiger partial charge is 0.505 e. The van der Waals surface area contributed by atoms with Crippen LogP contribution in [0.1, 0.15) is 28.2 Å². The molecule has 15 heavy (non-hydrogen) atoms. The Morgan fingerprint density at radius 1 is 1.60 bits per heavy atom. The summed E-state index contributed by atoms with van der Waals surface area (Å²) in [7, 11) is 0. The van der Waals surface area contributed by atoms with Crippen molar-refractivity contribution in [2.24, 2.45) is 0 Å². The van der Waals surface area contributed by atoms with Gasteiger partial charge in [0.05, 0.1) is 17.1 Å². The van der Waals surface area contributed by atoms with Crippen molar-refractivity contribution in [2.75, 3.05) is 0 Å². The number of carboxylic acids is 1. The molecule has 0 aliphatic carbocycles. The van der Waals surface area contributed by atoms with Crippen LogP contribution >= 0.6 is 11.6 Å². The van der Waals surface area contributed by atoms with Gasteiger partial charge in [-0.25, -0.2) is 18.6 Å². The molecule has 0 spiro atoms. The summed E-state index contributed by atoms with van der Waals surface area (Å²) in [4.78, 5) is 14.0. The summed E-state index contributed by atoms with van der Waals surface area (Å²) in [6.45, 7) is 0. The molecular formula is C8H6ClF2NO3. The van der Waals surface area contributed by atoms with Gasteiger partial charge >= 0.3 is 5.97 Å². The quantitative estimate of drug-likeness (QED) is 0.791. The van der Waals surface area contributed by atoms with Crippen molar-refractivity contribution in [3.63, 3.8) is 0 Å². The van der Waals surface area contributed by atoms with E-state index in [-0.39, 0.29) is 11.6 Å². The number of rotatable bonds is 3. The van der Waals surface area contributed by atoms with Gasteiger partial charge in [-0.15, -0.1) is 11.6 Å². The molecule has 2 N–H and O–H groups in total. The Balaban J connectivity index is 3.40. The minimum atomic E-state index is -2.98. The Morgan fingerprint density at radius 3 is 2.60 bits per heavy atom. The van der Waals surface area contributed by atoms with Crippen molar-refractivity contribution in [2.45, 2.75) is 12.3 Å². The molecule has 0 saturated heterocycles. The highest BCUT2D eigenvalue weighted by Gasteiger charge is 2.22. The third-order valence-electron chi connectivity index (χ3n) is 1.65. The normalized spacial score (nSPS) is 10.7. The number of halogens is 3. The Kier molecular flexibility index (Phi) is 3.41. The van der Waals surface area contributed by atoms with Crippen LogP contribution in [0.4, 0.5) is 8.78 Å². The molecular weight excluding hydrogens is 232 g/mol. The summed E-state index contributed by atoms with van der Waals surface area (Å²) in [5, 5.41) is 17.8. The first kappa shape index (κ1) is 11.6. The molecule has 0 bridgehead atoms. The molecule has 0 radical (unpaired) electrons. The lowest BCUT2D eigenvalue weighted by Crippen LogP contribution is -2.05. The van der Waals surface area contributed by atoms with Gasteiger partial charge in [0.2, 0.25) is 0 Å². The maximum absolute atomic E-state index is 12.4. The Bertz CT molecular complexity index is 398. The number of aromatic nitrogens is 1. The number of pyridine rings is 1. The lowest BCUT2D eigenvalue weighted by molar-refractivity contribution is 0.0685. The zero-order valence-corrected chi connectivity index (χ0v) is 8.00. The molecule has 0 fully saturated rings. The number of aromatic hydroxyl groups is 1. The standard InChI is InChI=1S/C8H6ClF2NO3/c9-2-3-1-4(7(10)11)6(13)5(12-3)8(14)15/h1,7,13H,2H2,(H,14,15). The van der Waals surface area contributed by atoms with E-state index in [9.17, 15) is 18.7 Å². The van der Waals surface area contributed by atoms with Gasteiger partial charge in [0, 0.05) is 0 Å². The summed E-state index contributed by atoms with van der Waals surface area (Å²) in [5.74, 6) is -2.81. The number of carboxylic acid groups (broad SMARTS) is 1. The van der Waals surface area contributed by atoms with Gasteiger partial charge in [-0.1, -0.05) is 0 Å². The highest BCUT2D eigenvalue weighted by Crippen LogP contribution is 2.31. The molecule has 82 valence electrons. The van der Waals surface area contributed by atoms with Crippen molar-refractivity contribution in [1.29, 1.82) is 0 Å². The van der Waals surface area contributed by atoms with E-state index in [4.69, 9.17) is 16.7 Å². The van der Waals surface area contributed by atoms with Crippen LogP contribution in [0.15, 0.2) is 6.07 Å². The number of hydrogen-bond donors (Lipinski definition) is 2. The smallest absolute Gasteiger partial charge is 0.358 e. The number of nitrogens with zero attached hydrogens (tertiary/aromatic N) is 1. The summed E-state index contributed by atoms with van der Waals surface area (Å²) in [6, 6.07) is 0.874. The van der Waals surface area contributed by atoms with Crippen LogP contribution in [-0.2, 0) is 5.88 Å². The van der Waals surface area contributed by atoms with Crippen LogP contribution in [0.2, 0.25) is 0 Å². The third-order valence-corrected chi connectivity index (χ3v) is 1.92. The van der Waals surface area contributed by atoms with Gasteiger partial charge < -0.3 is 10.2 Å². The molecule has 1 heterocycles. The highest BCUT2D eigenvalue weighted by atomic mass is 35.5. The number of alkyl halides is 3. The minimum Gasteiger partial charge on any atom is -0.505 e. The van der Waals surface area contributed by atoms with Crippen LogP contribution in [0.3, 0.4) is 0 Å². The van der Waals surface area contributed by atoms with Crippen LogP contribution < -0.4 is 0 Å². The first-order valence-corrected chi connectivity index (χ1v) is 4.31. The van der Waals surface area contributed by atoms with Crippen molar-refractivity contribution in [3.05, 3.63) is 23.0 Å². The second-order valence-corrected chi connectivity index (χ2v) is 2.91. The molecule has 1 aromatic rings. The fraction of sp³-hybridized carbons (Fsp3) is 0.250. The van der Waals surface area contributed by atoms with E-state index in [1.807, 2.05) is 0 Å². The van der Waals surface area contributed by atoms with E-state index in [0.29, 0.717) is 0 Å². The van der Waals surface area contributed by atoms with Crippen molar-refractivity contribution in [3.8, 4) is 5.75 Å². The van der Waals surface area contributed by atoms with Crippen molar-refractivity contribution < 1.29 is 23.8 Å². The zero-order chi connectivity index (χ0) is 11.6. The first-order valence-electron chi connectivity index (χ1n) is 3.77. The van der Waals surface area contributed by atoms with Gasteiger partial charge in [0.25, 0.3) is 6.43 Å². The molecule has 0 aliphatic rings. The summed E-state index contributed by atoms with van der Waals surface area (Å²) >= 11 is 5.35. The van der Waals surface area contributed by atoms with Gasteiger partial charge in [0.1, 0.15) is 0 Å². The average Bonchev–Trinajstić information content (AvgIpc) is 2.17. The number of carbonyl (C=O) groups is 1. The molecule has 0 unspecified atom stereocenters. The maximum atomic E-state index is 12.4. The molecule has 0 saturated carbocycles. The Labute approximate surface area is 88.1 Å². The van der Waals surface area contributed by atoms with E-state index >= 15 is 0 Å². The summed E-state index contributed by atoms with van der Waals surface area (Å²) in [6.07, 6.45) is -2.98. The highest BCUT2D eigenvalue weighted by molar-refractivity contribution is 6.16. The van der Waals surface area contributed by atoms with Gasteiger partial charge in [0.15, 0.2) is 11.4 Å². The lowest BCUT2D eigenvalue weighted by atomic mass is 10.1. The molecule has 0 aromatic carbocycles. The minimum absolute atomic E-state index is 0.0258. The van der Waals surface area contributed by atoms with Crippen LogP contribution in [0, 0.1) is 0 Å². The van der Waals surface area contributed by atoms with E-state index in [1.54, 1.807) is 0 Å². The van der Waals surface area contributed by atoms with E-state index in [1.165, 1.54) is 0 Å².